The molecular formula is C18H28N2O2. The number of rotatable bonds is 5. The van der Waals surface area contributed by atoms with E-state index in [9.17, 15) is 4.79 Å². The van der Waals surface area contributed by atoms with E-state index < -0.39 is 6.10 Å². The largest absolute Gasteiger partial charge is 0.481 e. The summed E-state index contributed by atoms with van der Waals surface area (Å²) in [5.41, 5.74) is 8.20. The van der Waals surface area contributed by atoms with Crippen LogP contribution in [0.5, 0.6) is 5.75 Å². The zero-order valence-corrected chi connectivity index (χ0v) is 14.1. The summed E-state index contributed by atoms with van der Waals surface area (Å²) in [6.07, 6.45) is 0.540. The number of carbonyl (C=O) groups excluding carboxylic acids is 1. The number of hydrogen-bond donors (Lipinski definition) is 1. The summed E-state index contributed by atoms with van der Waals surface area (Å²) in [4.78, 5) is 14.3. The van der Waals surface area contributed by atoms with E-state index in [0.29, 0.717) is 18.4 Å². The van der Waals surface area contributed by atoms with E-state index in [1.807, 2.05) is 24.0 Å². The number of nitrogens with two attached hydrogens (primary N) is 1. The predicted octanol–water partition coefficient (Wildman–Crippen LogP) is 2.69. The highest BCUT2D eigenvalue weighted by molar-refractivity contribution is 5.81. The molecular weight excluding hydrogens is 276 g/mol. The van der Waals surface area contributed by atoms with Gasteiger partial charge in [0.2, 0.25) is 0 Å². The van der Waals surface area contributed by atoms with Gasteiger partial charge in [0.1, 0.15) is 5.75 Å². The van der Waals surface area contributed by atoms with Crippen LogP contribution in [0.4, 0.5) is 0 Å². The van der Waals surface area contributed by atoms with Crippen molar-refractivity contribution in [2.45, 2.75) is 46.1 Å². The van der Waals surface area contributed by atoms with Crippen molar-refractivity contribution in [1.29, 1.82) is 0 Å². The minimum atomic E-state index is -0.458. The fourth-order valence-electron chi connectivity index (χ4n) is 3.11. The Hall–Kier alpha value is -1.55. The van der Waals surface area contributed by atoms with E-state index in [0.717, 1.165) is 25.3 Å². The molecule has 1 aromatic carbocycles. The van der Waals surface area contributed by atoms with Crippen molar-refractivity contribution < 1.29 is 9.53 Å². The number of ether oxygens (including phenoxy) is 1. The summed E-state index contributed by atoms with van der Waals surface area (Å²) >= 11 is 0. The smallest absolute Gasteiger partial charge is 0.263 e. The van der Waals surface area contributed by atoms with Gasteiger partial charge in [0, 0.05) is 13.1 Å². The molecule has 2 N–H and O–H groups in total. The quantitative estimate of drug-likeness (QED) is 0.910. The molecule has 4 heteroatoms. The van der Waals surface area contributed by atoms with Crippen LogP contribution >= 0.6 is 0 Å². The Morgan fingerprint density at radius 3 is 2.68 bits per heavy atom. The van der Waals surface area contributed by atoms with Gasteiger partial charge in [-0.1, -0.05) is 19.9 Å². The molecule has 0 saturated carbocycles. The summed E-state index contributed by atoms with van der Waals surface area (Å²) < 4.78 is 5.85. The Labute approximate surface area is 133 Å². The molecule has 1 heterocycles. The molecule has 1 aromatic rings. The van der Waals surface area contributed by atoms with E-state index in [-0.39, 0.29) is 5.91 Å². The maximum Gasteiger partial charge on any atom is 0.263 e. The molecule has 0 unspecified atom stereocenters. The highest BCUT2D eigenvalue weighted by atomic mass is 16.5. The minimum Gasteiger partial charge on any atom is -0.481 e. The predicted molar refractivity (Wildman–Crippen MR) is 89.1 cm³/mol. The van der Waals surface area contributed by atoms with Crippen molar-refractivity contribution in [3.8, 4) is 5.75 Å². The number of likely N-dealkylation sites (tertiary alicyclic amines) is 1. The summed E-state index contributed by atoms with van der Waals surface area (Å²) in [5.74, 6) is 1.74. The topological polar surface area (TPSA) is 55.6 Å². The number of carbonyl (C=O) groups is 1. The average Bonchev–Trinajstić information content (AvgIpc) is 2.95. The zero-order valence-electron chi connectivity index (χ0n) is 14.1. The van der Waals surface area contributed by atoms with E-state index in [4.69, 9.17) is 10.5 Å². The molecule has 1 saturated heterocycles. The van der Waals surface area contributed by atoms with Gasteiger partial charge in [0.05, 0.1) is 0 Å². The Morgan fingerprint density at radius 2 is 2.14 bits per heavy atom. The average molecular weight is 304 g/mol. The highest BCUT2D eigenvalue weighted by Crippen LogP contribution is 2.24. The highest BCUT2D eigenvalue weighted by Gasteiger charge is 2.29. The van der Waals surface area contributed by atoms with Crippen LogP contribution in [-0.2, 0) is 4.79 Å². The molecule has 0 bridgehead atoms. The Balaban J connectivity index is 1.98. The SMILES string of the molecule is Cc1cc(O[C@@H](C)C(=O)N2CC[C@H](CN)C2)ccc1C(C)C. The van der Waals surface area contributed by atoms with Crippen LogP contribution in [-0.4, -0.2) is 36.5 Å². The summed E-state index contributed by atoms with van der Waals surface area (Å²) in [6, 6.07) is 6.07. The fourth-order valence-corrected chi connectivity index (χ4v) is 3.11. The lowest BCUT2D eigenvalue weighted by atomic mass is 9.98. The first-order valence-electron chi connectivity index (χ1n) is 8.18. The molecule has 0 spiro atoms. The van der Waals surface area contributed by atoms with Crippen LogP contribution in [0.3, 0.4) is 0 Å². The normalized spacial score (nSPS) is 19.5. The summed E-state index contributed by atoms with van der Waals surface area (Å²) in [7, 11) is 0. The molecule has 4 nitrogen and oxygen atoms in total. The number of amides is 1. The standard InChI is InChI=1S/C18H28N2O2/c1-12(2)17-6-5-16(9-13(17)3)22-14(4)18(21)20-8-7-15(10-19)11-20/h5-6,9,12,14-15H,7-8,10-11,19H2,1-4H3/t14-,15+/m0/s1. The Kier molecular flexibility index (Phi) is 5.46. The molecule has 1 amide bonds. The van der Waals surface area contributed by atoms with Crippen LogP contribution in [0.1, 0.15) is 44.2 Å². The van der Waals surface area contributed by atoms with Crippen LogP contribution < -0.4 is 10.5 Å². The first-order valence-corrected chi connectivity index (χ1v) is 8.18. The van der Waals surface area contributed by atoms with Crippen molar-refractivity contribution in [3.63, 3.8) is 0 Å². The van der Waals surface area contributed by atoms with Crippen molar-refractivity contribution >= 4 is 5.91 Å². The van der Waals surface area contributed by atoms with Gasteiger partial charge in [0.15, 0.2) is 6.10 Å². The van der Waals surface area contributed by atoms with E-state index >= 15 is 0 Å². The van der Waals surface area contributed by atoms with Gasteiger partial charge in [0.25, 0.3) is 5.91 Å². The van der Waals surface area contributed by atoms with E-state index in [1.54, 1.807) is 0 Å². The molecule has 22 heavy (non-hydrogen) atoms. The summed E-state index contributed by atoms with van der Waals surface area (Å²) in [6.45, 7) is 10.5. The van der Waals surface area contributed by atoms with Gasteiger partial charge in [-0.15, -0.1) is 0 Å². The maximum absolute atomic E-state index is 12.4. The van der Waals surface area contributed by atoms with Crippen LogP contribution in [0.2, 0.25) is 0 Å². The molecule has 0 aliphatic carbocycles. The van der Waals surface area contributed by atoms with Gasteiger partial charge >= 0.3 is 0 Å². The van der Waals surface area contributed by atoms with Crippen molar-refractivity contribution in [2.75, 3.05) is 19.6 Å². The first kappa shape index (κ1) is 16.8. The Morgan fingerprint density at radius 1 is 1.41 bits per heavy atom. The van der Waals surface area contributed by atoms with Crippen LogP contribution in [0.15, 0.2) is 18.2 Å². The molecule has 2 rings (SSSR count). The maximum atomic E-state index is 12.4. The van der Waals surface area contributed by atoms with Gasteiger partial charge in [-0.25, -0.2) is 0 Å². The molecule has 1 aliphatic rings. The molecule has 1 aliphatic heterocycles. The molecule has 0 radical (unpaired) electrons. The lowest BCUT2D eigenvalue weighted by Crippen LogP contribution is -2.39. The molecule has 0 aromatic heterocycles. The second-order valence-electron chi connectivity index (χ2n) is 6.61. The number of aryl methyl sites for hydroxylation is 1. The molecule has 122 valence electrons. The van der Waals surface area contributed by atoms with Gasteiger partial charge in [-0.3, -0.25) is 4.79 Å². The van der Waals surface area contributed by atoms with Gasteiger partial charge in [-0.05, 0) is 61.9 Å². The molecule has 1 fully saturated rings. The van der Waals surface area contributed by atoms with E-state index in [2.05, 4.69) is 26.8 Å². The van der Waals surface area contributed by atoms with Crippen molar-refractivity contribution in [1.82, 2.24) is 4.90 Å². The van der Waals surface area contributed by atoms with Crippen molar-refractivity contribution in [2.24, 2.45) is 11.7 Å². The van der Waals surface area contributed by atoms with Gasteiger partial charge < -0.3 is 15.4 Å². The third kappa shape index (κ3) is 3.80. The van der Waals surface area contributed by atoms with Gasteiger partial charge in [-0.2, -0.15) is 0 Å². The fraction of sp³-hybridized carbons (Fsp3) is 0.611. The minimum absolute atomic E-state index is 0.0570. The number of hydrogen-bond acceptors (Lipinski definition) is 3. The number of benzene rings is 1. The monoisotopic (exact) mass is 304 g/mol. The first-order chi connectivity index (χ1) is 10.4. The second-order valence-corrected chi connectivity index (χ2v) is 6.61. The number of nitrogens with zero attached hydrogens (tertiary/aromatic N) is 1. The Bertz CT molecular complexity index is 528. The lowest BCUT2D eigenvalue weighted by Gasteiger charge is -2.22. The zero-order chi connectivity index (χ0) is 16.3. The lowest BCUT2D eigenvalue weighted by molar-refractivity contribution is -0.136. The van der Waals surface area contributed by atoms with Crippen molar-refractivity contribution in [3.05, 3.63) is 29.3 Å². The van der Waals surface area contributed by atoms with E-state index in [1.165, 1.54) is 11.1 Å². The second kappa shape index (κ2) is 7.14. The third-order valence-corrected chi connectivity index (χ3v) is 4.45. The molecule has 2 atom stereocenters. The summed E-state index contributed by atoms with van der Waals surface area (Å²) in [5, 5.41) is 0. The van der Waals surface area contributed by atoms with Crippen LogP contribution in [0, 0.1) is 12.8 Å². The third-order valence-electron chi connectivity index (χ3n) is 4.45. The van der Waals surface area contributed by atoms with Crippen LogP contribution in [0.25, 0.3) is 0 Å².